The van der Waals surface area contributed by atoms with Crippen LogP contribution < -0.4 is 14.4 Å². The summed E-state index contributed by atoms with van der Waals surface area (Å²) in [5.74, 6) is 2.57. The Labute approximate surface area is 135 Å². The molecule has 0 N–H and O–H groups in total. The summed E-state index contributed by atoms with van der Waals surface area (Å²) >= 11 is 0. The van der Waals surface area contributed by atoms with Crippen molar-refractivity contribution in [1.29, 1.82) is 5.26 Å². The zero-order chi connectivity index (χ0) is 16.2. The number of aromatic nitrogens is 2. The lowest BCUT2D eigenvalue weighted by molar-refractivity contribution is 0.393. The normalized spacial score (nSPS) is 16.9. The lowest BCUT2D eigenvalue weighted by Gasteiger charge is -2.18. The summed E-state index contributed by atoms with van der Waals surface area (Å²) in [6, 6.07) is 8.06. The van der Waals surface area contributed by atoms with Crippen molar-refractivity contribution in [2.45, 2.75) is 12.3 Å². The molecule has 1 aromatic heterocycles. The van der Waals surface area contributed by atoms with Gasteiger partial charge in [0.1, 0.15) is 17.6 Å². The zero-order valence-corrected chi connectivity index (χ0v) is 13.2. The fourth-order valence-corrected chi connectivity index (χ4v) is 2.93. The van der Waals surface area contributed by atoms with E-state index >= 15 is 0 Å². The highest BCUT2D eigenvalue weighted by molar-refractivity contribution is 5.51. The first kappa shape index (κ1) is 15.1. The summed E-state index contributed by atoms with van der Waals surface area (Å²) in [6.45, 7) is 1.64. The van der Waals surface area contributed by atoms with E-state index in [1.165, 1.54) is 5.56 Å². The zero-order valence-electron chi connectivity index (χ0n) is 13.2. The van der Waals surface area contributed by atoms with Crippen LogP contribution >= 0.6 is 0 Å². The molecule has 1 fully saturated rings. The Morgan fingerprint density at radius 1 is 1.13 bits per heavy atom. The van der Waals surface area contributed by atoms with Crippen LogP contribution in [-0.4, -0.2) is 37.3 Å². The third kappa shape index (κ3) is 3.04. The topological polar surface area (TPSA) is 71.3 Å². The molecule has 118 valence electrons. The van der Waals surface area contributed by atoms with E-state index in [1.807, 2.05) is 18.2 Å². The number of benzene rings is 1. The molecule has 0 saturated carbocycles. The Morgan fingerprint density at radius 3 is 2.48 bits per heavy atom. The maximum atomic E-state index is 9.19. The van der Waals surface area contributed by atoms with E-state index in [0.717, 1.165) is 31.0 Å². The van der Waals surface area contributed by atoms with Crippen molar-refractivity contribution in [3.63, 3.8) is 0 Å². The molecule has 23 heavy (non-hydrogen) atoms. The smallest absolute Gasteiger partial charge is 0.183 e. The van der Waals surface area contributed by atoms with E-state index in [0.29, 0.717) is 17.4 Å². The van der Waals surface area contributed by atoms with Gasteiger partial charge in [0.05, 0.1) is 14.2 Å². The maximum absolute atomic E-state index is 9.19. The molecule has 6 heteroatoms. The second-order valence-electron chi connectivity index (χ2n) is 5.42. The van der Waals surface area contributed by atoms with Crippen molar-refractivity contribution >= 4 is 5.82 Å². The van der Waals surface area contributed by atoms with Crippen molar-refractivity contribution in [1.82, 2.24) is 9.97 Å². The van der Waals surface area contributed by atoms with Gasteiger partial charge >= 0.3 is 0 Å². The first-order valence-electron chi connectivity index (χ1n) is 7.44. The average Bonchev–Trinajstić information content (AvgIpc) is 3.11. The number of hydrogen-bond acceptors (Lipinski definition) is 6. The molecule has 1 aliphatic rings. The molecular weight excluding hydrogens is 292 g/mol. The van der Waals surface area contributed by atoms with Crippen molar-refractivity contribution in [2.75, 3.05) is 32.2 Å². The maximum Gasteiger partial charge on any atom is 0.183 e. The summed E-state index contributed by atoms with van der Waals surface area (Å²) in [7, 11) is 3.30. The van der Waals surface area contributed by atoms with Gasteiger partial charge in [-0.2, -0.15) is 5.26 Å². The van der Waals surface area contributed by atoms with Crippen LogP contribution in [0.15, 0.2) is 30.6 Å². The summed E-state index contributed by atoms with van der Waals surface area (Å²) in [5.41, 5.74) is 1.54. The van der Waals surface area contributed by atoms with Gasteiger partial charge in [-0.15, -0.1) is 0 Å². The van der Waals surface area contributed by atoms with E-state index in [4.69, 9.17) is 9.47 Å². The molecule has 1 aromatic carbocycles. The highest BCUT2D eigenvalue weighted by Gasteiger charge is 2.27. The molecule has 1 unspecified atom stereocenters. The van der Waals surface area contributed by atoms with E-state index in [2.05, 4.69) is 20.9 Å². The second-order valence-corrected chi connectivity index (χ2v) is 5.42. The van der Waals surface area contributed by atoms with Crippen LogP contribution in [0.25, 0.3) is 0 Å². The Hall–Kier alpha value is -2.81. The van der Waals surface area contributed by atoms with Gasteiger partial charge < -0.3 is 14.4 Å². The van der Waals surface area contributed by atoms with Crippen molar-refractivity contribution in [2.24, 2.45) is 0 Å². The van der Waals surface area contributed by atoms with E-state index < -0.39 is 0 Å². The van der Waals surface area contributed by atoms with Crippen LogP contribution in [0.1, 0.15) is 23.6 Å². The first-order chi connectivity index (χ1) is 11.2. The van der Waals surface area contributed by atoms with Crippen molar-refractivity contribution in [3.8, 4) is 17.6 Å². The van der Waals surface area contributed by atoms with Gasteiger partial charge in [-0.05, 0) is 24.1 Å². The summed E-state index contributed by atoms with van der Waals surface area (Å²) in [4.78, 5) is 10.5. The van der Waals surface area contributed by atoms with Crippen LogP contribution in [0.3, 0.4) is 0 Å². The lowest BCUT2D eigenvalue weighted by atomic mass is 9.98. The third-order valence-corrected chi connectivity index (χ3v) is 4.12. The molecule has 3 rings (SSSR count). The highest BCUT2D eigenvalue weighted by Crippen LogP contribution is 2.34. The van der Waals surface area contributed by atoms with Crippen LogP contribution in [-0.2, 0) is 0 Å². The number of nitriles is 1. The number of anilines is 1. The van der Waals surface area contributed by atoms with Gasteiger partial charge in [0.25, 0.3) is 0 Å². The van der Waals surface area contributed by atoms with Crippen LogP contribution in [0.5, 0.6) is 11.5 Å². The monoisotopic (exact) mass is 310 g/mol. The molecule has 0 bridgehead atoms. The SMILES string of the molecule is COc1cc(OC)cc(C2CCN(c3nccnc3C#N)C2)c1. The first-order valence-corrected chi connectivity index (χ1v) is 7.44. The van der Waals surface area contributed by atoms with Crippen molar-refractivity contribution in [3.05, 3.63) is 41.9 Å². The number of ether oxygens (including phenoxy) is 2. The molecule has 6 nitrogen and oxygen atoms in total. The molecule has 1 saturated heterocycles. The Balaban J connectivity index is 1.84. The van der Waals surface area contributed by atoms with Gasteiger partial charge in [0, 0.05) is 37.5 Å². The molecule has 1 atom stereocenters. The number of methoxy groups -OCH3 is 2. The fourth-order valence-electron chi connectivity index (χ4n) is 2.93. The van der Waals surface area contributed by atoms with E-state index in [-0.39, 0.29) is 0 Å². The fraction of sp³-hybridized carbons (Fsp3) is 0.353. The molecule has 0 radical (unpaired) electrons. The average molecular weight is 310 g/mol. The Kier molecular flexibility index (Phi) is 4.29. The molecule has 0 aliphatic carbocycles. The highest BCUT2D eigenvalue weighted by atomic mass is 16.5. The Morgan fingerprint density at radius 2 is 1.83 bits per heavy atom. The van der Waals surface area contributed by atoms with Gasteiger partial charge in [0.2, 0.25) is 0 Å². The Bertz CT molecular complexity index is 719. The summed E-state index contributed by atoms with van der Waals surface area (Å²) in [6.07, 6.45) is 4.15. The minimum absolute atomic E-state index is 0.340. The van der Waals surface area contributed by atoms with Crippen LogP contribution in [0, 0.1) is 11.3 Å². The second kappa shape index (κ2) is 6.53. The lowest BCUT2D eigenvalue weighted by Crippen LogP contribution is -2.22. The molecule has 0 spiro atoms. The summed E-state index contributed by atoms with van der Waals surface area (Å²) < 4.78 is 10.7. The van der Waals surface area contributed by atoms with E-state index in [9.17, 15) is 5.26 Å². The largest absolute Gasteiger partial charge is 0.497 e. The predicted octanol–water partition coefficient (Wildman–Crippen LogP) is 2.36. The molecular formula is C17H18N4O2. The molecule has 2 heterocycles. The summed E-state index contributed by atoms with van der Waals surface area (Å²) in [5, 5.41) is 9.19. The van der Waals surface area contributed by atoms with Crippen molar-refractivity contribution < 1.29 is 9.47 Å². The minimum atomic E-state index is 0.340. The third-order valence-electron chi connectivity index (χ3n) is 4.12. The van der Waals surface area contributed by atoms with Gasteiger partial charge in [-0.25, -0.2) is 9.97 Å². The number of hydrogen-bond donors (Lipinski definition) is 0. The molecule has 2 aromatic rings. The predicted molar refractivity (Wildman–Crippen MR) is 85.9 cm³/mol. The number of nitrogens with zero attached hydrogens (tertiary/aromatic N) is 4. The number of rotatable bonds is 4. The van der Waals surface area contributed by atoms with Crippen LogP contribution in [0.2, 0.25) is 0 Å². The van der Waals surface area contributed by atoms with Crippen LogP contribution in [0.4, 0.5) is 5.82 Å². The molecule has 1 aliphatic heterocycles. The molecule has 0 amide bonds. The van der Waals surface area contributed by atoms with Gasteiger partial charge in [-0.1, -0.05) is 0 Å². The van der Waals surface area contributed by atoms with E-state index in [1.54, 1.807) is 26.6 Å². The quantitative estimate of drug-likeness (QED) is 0.863. The standard InChI is InChI=1S/C17H18N4O2/c1-22-14-7-13(8-15(9-14)23-2)12-3-6-21(11-12)17-16(10-18)19-4-5-20-17/h4-5,7-9,12H,3,6,11H2,1-2H3. The van der Waals surface area contributed by atoms with Gasteiger partial charge in [-0.3, -0.25) is 0 Å². The minimum Gasteiger partial charge on any atom is -0.497 e. The van der Waals surface area contributed by atoms with Gasteiger partial charge in [0.15, 0.2) is 11.5 Å².